The van der Waals surface area contributed by atoms with Crippen LogP contribution in [-0.2, 0) is 10.0 Å². The maximum atomic E-state index is 12.1. The van der Waals surface area contributed by atoms with Gasteiger partial charge in [0.25, 0.3) is 0 Å². The third-order valence-electron chi connectivity index (χ3n) is 3.52. The van der Waals surface area contributed by atoms with Crippen molar-refractivity contribution < 1.29 is 8.42 Å². The van der Waals surface area contributed by atoms with Crippen molar-refractivity contribution in [1.82, 2.24) is 9.29 Å². The molecule has 0 bridgehead atoms. The summed E-state index contributed by atoms with van der Waals surface area (Å²) in [7, 11) is -0.383. The molecule has 0 radical (unpaired) electrons. The van der Waals surface area contributed by atoms with Gasteiger partial charge in [-0.05, 0) is 24.3 Å². The normalized spacial score (nSPS) is 11.8. The summed E-state index contributed by atoms with van der Waals surface area (Å²) in [4.78, 5) is 4.89. The highest BCUT2D eigenvalue weighted by Crippen LogP contribution is 2.30. The van der Waals surface area contributed by atoms with Gasteiger partial charge in [0.05, 0.1) is 10.6 Å². The van der Waals surface area contributed by atoms with Crippen LogP contribution >= 0.6 is 22.9 Å². The van der Waals surface area contributed by atoms with Crippen molar-refractivity contribution in [2.45, 2.75) is 4.90 Å². The highest BCUT2D eigenvalue weighted by Gasteiger charge is 2.17. The summed E-state index contributed by atoms with van der Waals surface area (Å²) in [5.41, 5.74) is 2.70. The summed E-state index contributed by atoms with van der Waals surface area (Å²) in [6.45, 7) is 0. The number of thiazole rings is 1. The molecule has 0 amide bonds. The van der Waals surface area contributed by atoms with Crippen molar-refractivity contribution in [2.24, 2.45) is 0 Å². The van der Waals surface area contributed by atoms with Crippen LogP contribution in [0.5, 0.6) is 0 Å². The van der Waals surface area contributed by atoms with Crippen LogP contribution in [0, 0.1) is 0 Å². The Kier molecular flexibility index (Phi) is 4.73. The van der Waals surface area contributed by atoms with Crippen molar-refractivity contribution in [3.63, 3.8) is 0 Å². The van der Waals surface area contributed by atoms with E-state index in [4.69, 9.17) is 11.6 Å². The van der Waals surface area contributed by atoms with Crippen LogP contribution in [0.25, 0.3) is 21.8 Å². The van der Waals surface area contributed by atoms with Crippen molar-refractivity contribution in [1.29, 1.82) is 0 Å². The van der Waals surface area contributed by atoms with E-state index < -0.39 is 10.0 Å². The van der Waals surface area contributed by atoms with Crippen LogP contribution in [-0.4, -0.2) is 31.8 Å². The number of benzene rings is 2. The predicted molar refractivity (Wildman–Crippen MR) is 98.9 cm³/mol. The lowest BCUT2D eigenvalue weighted by molar-refractivity contribution is 0.521. The van der Waals surface area contributed by atoms with Crippen LogP contribution in [0.1, 0.15) is 0 Å². The first-order chi connectivity index (χ1) is 11.4. The maximum absolute atomic E-state index is 12.1. The van der Waals surface area contributed by atoms with Crippen molar-refractivity contribution >= 4 is 33.0 Å². The minimum atomic E-state index is -3.41. The van der Waals surface area contributed by atoms with Gasteiger partial charge in [0, 0.05) is 35.6 Å². The zero-order valence-electron chi connectivity index (χ0n) is 13.1. The molecule has 0 aliphatic rings. The van der Waals surface area contributed by atoms with Gasteiger partial charge in [-0.1, -0.05) is 35.9 Å². The first-order valence-electron chi connectivity index (χ1n) is 7.12. The Balaban J connectivity index is 1.89. The van der Waals surface area contributed by atoms with E-state index in [2.05, 4.69) is 4.98 Å². The Morgan fingerprint density at radius 2 is 1.54 bits per heavy atom. The summed E-state index contributed by atoms with van der Waals surface area (Å²) < 4.78 is 25.4. The van der Waals surface area contributed by atoms with E-state index in [1.165, 1.54) is 29.7 Å². The molecule has 0 spiro atoms. The first kappa shape index (κ1) is 17.1. The highest BCUT2D eigenvalue weighted by atomic mass is 35.5. The summed E-state index contributed by atoms with van der Waals surface area (Å²) >= 11 is 7.44. The Morgan fingerprint density at radius 3 is 2.12 bits per heavy atom. The fourth-order valence-corrected chi connectivity index (χ4v) is 4.00. The lowest BCUT2D eigenvalue weighted by atomic mass is 10.2. The second kappa shape index (κ2) is 6.64. The van der Waals surface area contributed by atoms with Gasteiger partial charge in [-0.25, -0.2) is 17.7 Å². The van der Waals surface area contributed by atoms with Gasteiger partial charge in [0.1, 0.15) is 5.01 Å². The molecule has 24 heavy (non-hydrogen) atoms. The van der Waals surface area contributed by atoms with E-state index in [9.17, 15) is 8.42 Å². The van der Waals surface area contributed by atoms with Gasteiger partial charge in [0.15, 0.2) is 0 Å². The largest absolute Gasteiger partial charge is 0.242 e. The van der Waals surface area contributed by atoms with Crippen LogP contribution in [0.2, 0.25) is 5.02 Å². The van der Waals surface area contributed by atoms with E-state index in [1.807, 2.05) is 29.6 Å². The fourth-order valence-electron chi connectivity index (χ4n) is 2.14. The molecule has 0 atom stereocenters. The van der Waals surface area contributed by atoms with E-state index >= 15 is 0 Å². The number of hydrogen-bond acceptors (Lipinski definition) is 4. The number of nitrogens with zero attached hydrogens (tertiary/aromatic N) is 2. The SMILES string of the molecule is CN(C)S(=O)(=O)c1ccc(-c2csc(-c3ccc(Cl)cc3)n2)cc1. The maximum Gasteiger partial charge on any atom is 0.242 e. The molecular weight excluding hydrogens is 364 g/mol. The predicted octanol–water partition coefficient (Wildman–Crippen LogP) is 4.38. The summed E-state index contributed by atoms with van der Waals surface area (Å²) in [5.74, 6) is 0. The minimum Gasteiger partial charge on any atom is -0.236 e. The Bertz CT molecular complexity index is 947. The lowest BCUT2D eigenvalue weighted by Gasteiger charge is -2.11. The number of sulfonamides is 1. The average molecular weight is 379 g/mol. The highest BCUT2D eigenvalue weighted by molar-refractivity contribution is 7.89. The Morgan fingerprint density at radius 1 is 0.958 bits per heavy atom. The molecule has 0 unspecified atom stereocenters. The van der Waals surface area contributed by atoms with E-state index in [1.54, 1.807) is 24.3 Å². The fraction of sp³-hybridized carbons (Fsp3) is 0.118. The smallest absolute Gasteiger partial charge is 0.236 e. The van der Waals surface area contributed by atoms with Crippen LogP contribution in [0.3, 0.4) is 0 Å². The van der Waals surface area contributed by atoms with Gasteiger partial charge in [0.2, 0.25) is 10.0 Å². The molecule has 2 aromatic carbocycles. The molecular formula is C17H15ClN2O2S2. The van der Waals surface area contributed by atoms with Crippen LogP contribution in [0.4, 0.5) is 0 Å². The number of rotatable bonds is 4. The molecule has 0 fully saturated rings. The quantitative estimate of drug-likeness (QED) is 0.676. The van der Waals surface area contributed by atoms with Crippen molar-refractivity contribution in [2.75, 3.05) is 14.1 Å². The second-order valence-electron chi connectivity index (χ2n) is 5.36. The topological polar surface area (TPSA) is 50.3 Å². The monoisotopic (exact) mass is 378 g/mol. The molecule has 1 heterocycles. The van der Waals surface area contributed by atoms with Crippen molar-refractivity contribution in [3.05, 3.63) is 58.9 Å². The lowest BCUT2D eigenvalue weighted by Crippen LogP contribution is -2.22. The van der Waals surface area contributed by atoms with Crippen molar-refractivity contribution in [3.8, 4) is 21.8 Å². The average Bonchev–Trinajstić information content (AvgIpc) is 3.05. The molecule has 0 saturated heterocycles. The molecule has 124 valence electrons. The minimum absolute atomic E-state index is 0.268. The first-order valence-corrected chi connectivity index (χ1v) is 9.82. The summed E-state index contributed by atoms with van der Waals surface area (Å²) in [6, 6.07) is 14.3. The number of aromatic nitrogens is 1. The van der Waals surface area contributed by atoms with Gasteiger partial charge >= 0.3 is 0 Å². The molecule has 0 aliphatic heterocycles. The molecule has 0 N–H and O–H groups in total. The van der Waals surface area contributed by atoms with E-state index in [0.717, 1.165) is 21.8 Å². The summed E-state index contributed by atoms with van der Waals surface area (Å²) in [6.07, 6.45) is 0. The second-order valence-corrected chi connectivity index (χ2v) is 8.80. The van der Waals surface area contributed by atoms with Crippen LogP contribution in [0.15, 0.2) is 58.8 Å². The number of halogens is 1. The van der Waals surface area contributed by atoms with Gasteiger partial charge in [-0.2, -0.15) is 0 Å². The Labute approximate surface area is 150 Å². The molecule has 3 aromatic rings. The molecule has 0 saturated carbocycles. The zero-order valence-corrected chi connectivity index (χ0v) is 15.5. The van der Waals surface area contributed by atoms with E-state index in [-0.39, 0.29) is 4.90 Å². The molecule has 3 rings (SSSR count). The summed E-state index contributed by atoms with van der Waals surface area (Å²) in [5, 5.41) is 3.54. The van der Waals surface area contributed by atoms with E-state index in [0.29, 0.717) is 5.02 Å². The Hall–Kier alpha value is -1.73. The standard InChI is InChI=1S/C17H15ClN2O2S2/c1-20(2)24(21,22)15-9-5-12(6-10-15)16-11-23-17(19-16)13-3-7-14(18)8-4-13/h3-11H,1-2H3. The van der Waals surface area contributed by atoms with Gasteiger partial charge < -0.3 is 0 Å². The third kappa shape index (κ3) is 3.37. The number of hydrogen-bond donors (Lipinski definition) is 0. The molecule has 4 nitrogen and oxygen atoms in total. The third-order valence-corrected chi connectivity index (χ3v) is 6.50. The molecule has 7 heteroatoms. The van der Waals surface area contributed by atoms with Crippen LogP contribution < -0.4 is 0 Å². The zero-order chi connectivity index (χ0) is 17.3. The van der Waals surface area contributed by atoms with Gasteiger partial charge in [-0.3, -0.25) is 0 Å². The molecule has 0 aliphatic carbocycles. The van der Waals surface area contributed by atoms with Gasteiger partial charge in [-0.15, -0.1) is 11.3 Å². The molecule has 1 aromatic heterocycles.